The molecule has 0 heterocycles. The van der Waals surface area contributed by atoms with Crippen molar-refractivity contribution in [1.82, 2.24) is 5.32 Å². The third-order valence-corrected chi connectivity index (χ3v) is 2.87. The molecule has 0 aliphatic heterocycles. The predicted octanol–water partition coefficient (Wildman–Crippen LogP) is 3.41. The zero-order valence-electron chi connectivity index (χ0n) is 11.4. The first-order valence-corrected chi connectivity index (χ1v) is 6.27. The average molecular weight is 272 g/mol. The van der Waals surface area contributed by atoms with Gasteiger partial charge >= 0.3 is 5.69 Å². The molecule has 0 saturated heterocycles. The summed E-state index contributed by atoms with van der Waals surface area (Å²) in [6.07, 6.45) is 0. The van der Waals surface area contributed by atoms with Gasteiger partial charge < -0.3 is 10.1 Å². The van der Waals surface area contributed by atoms with Gasteiger partial charge in [0.05, 0.1) is 4.92 Å². The zero-order chi connectivity index (χ0) is 14.5. The number of ether oxygens (including phenoxy) is 1. The Balaban J connectivity index is 2.37. The van der Waals surface area contributed by atoms with Crippen molar-refractivity contribution in [2.45, 2.75) is 13.5 Å². The molecule has 0 atom stereocenters. The monoisotopic (exact) mass is 272 g/mol. The maximum Gasteiger partial charge on any atom is 0.311 e. The van der Waals surface area contributed by atoms with E-state index in [2.05, 4.69) is 5.32 Å². The van der Waals surface area contributed by atoms with Crippen LogP contribution in [0.25, 0.3) is 0 Å². The predicted molar refractivity (Wildman–Crippen MR) is 77.1 cm³/mol. The molecule has 104 valence electrons. The Kier molecular flexibility index (Phi) is 4.32. The maximum atomic E-state index is 11.1. The lowest BCUT2D eigenvalue weighted by Gasteiger charge is -2.11. The summed E-state index contributed by atoms with van der Waals surface area (Å²) in [6, 6.07) is 12.4. The fourth-order valence-corrected chi connectivity index (χ4v) is 1.91. The number of hydrogen-bond donors (Lipinski definition) is 1. The van der Waals surface area contributed by atoms with Crippen LogP contribution in [0.2, 0.25) is 0 Å². The van der Waals surface area contributed by atoms with Crippen molar-refractivity contribution in [3.8, 4) is 11.5 Å². The number of nitro groups is 1. The van der Waals surface area contributed by atoms with Crippen molar-refractivity contribution >= 4 is 5.69 Å². The van der Waals surface area contributed by atoms with E-state index >= 15 is 0 Å². The molecule has 20 heavy (non-hydrogen) atoms. The van der Waals surface area contributed by atoms with Crippen molar-refractivity contribution in [2.24, 2.45) is 0 Å². The molecule has 0 bridgehead atoms. The SMILES string of the molecule is CNCc1ccccc1Oc1ccc(C)cc1[N+](=O)[O-]. The van der Waals surface area contributed by atoms with Crippen LogP contribution in [0.1, 0.15) is 11.1 Å². The highest BCUT2D eigenvalue weighted by atomic mass is 16.6. The summed E-state index contributed by atoms with van der Waals surface area (Å²) in [7, 11) is 1.84. The average Bonchev–Trinajstić information content (AvgIpc) is 2.43. The van der Waals surface area contributed by atoms with Crippen molar-refractivity contribution < 1.29 is 9.66 Å². The fourth-order valence-electron chi connectivity index (χ4n) is 1.91. The van der Waals surface area contributed by atoms with Gasteiger partial charge in [0.2, 0.25) is 5.75 Å². The molecular formula is C15H16N2O3. The van der Waals surface area contributed by atoms with Crippen LogP contribution in [0.3, 0.4) is 0 Å². The van der Waals surface area contributed by atoms with E-state index in [1.807, 2.05) is 32.2 Å². The highest BCUT2D eigenvalue weighted by Gasteiger charge is 2.16. The van der Waals surface area contributed by atoms with Crippen molar-refractivity contribution in [3.05, 3.63) is 63.7 Å². The van der Waals surface area contributed by atoms with E-state index in [-0.39, 0.29) is 11.4 Å². The Hall–Kier alpha value is -2.40. The molecule has 2 aromatic carbocycles. The second kappa shape index (κ2) is 6.16. The molecule has 0 unspecified atom stereocenters. The third kappa shape index (κ3) is 3.13. The number of para-hydroxylation sites is 1. The van der Waals surface area contributed by atoms with Gasteiger partial charge in [0.25, 0.3) is 0 Å². The van der Waals surface area contributed by atoms with E-state index in [1.165, 1.54) is 6.07 Å². The number of rotatable bonds is 5. The van der Waals surface area contributed by atoms with Gasteiger partial charge in [0, 0.05) is 18.2 Å². The number of benzene rings is 2. The van der Waals surface area contributed by atoms with Crippen LogP contribution < -0.4 is 10.1 Å². The Labute approximate surface area is 117 Å². The van der Waals surface area contributed by atoms with Gasteiger partial charge in [-0.25, -0.2) is 0 Å². The number of nitrogens with one attached hydrogen (secondary N) is 1. The first-order valence-electron chi connectivity index (χ1n) is 6.27. The number of nitro benzene ring substituents is 1. The molecule has 0 saturated carbocycles. The summed E-state index contributed by atoms with van der Waals surface area (Å²) in [5, 5.41) is 14.1. The van der Waals surface area contributed by atoms with Crippen LogP contribution in [0, 0.1) is 17.0 Å². The van der Waals surface area contributed by atoms with E-state index in [4.69, 9.17) is 4.74 Å². The molecule has 2 rings (SSSR count). The summed E-state index contributed by atoms with van der Waals surface area (Å²) >= 11 is 0. The number of nitrogens with zero attached hydrogens (tertiary/aromatic N) is 1. The van der Waals surface area contributed by atoms with Crippen molar-refractivity contribution in [3.63, 3.8) is 0 Å². The molecule has 0 fully saturated rings. The van der Waals surface area contributed by atoms with E-state index < -0.39 is 4.92 Å². The minimum atomic E-state index is -0.428. The highest BCUT2D eigenvalue weighted by molar-refractivity contribution is 5.51. The first kappa shape index (κ1) is 14.0. The lowest BCUT2D eigenvalue weighted by molar-refractivity contribution is -0.385. The van der Waals surface area contributed by atoms with Gasteiger partial charge in [-0.05, 0) is 31.7 Å². The molecule has 0 radical (unpaired) electrons. The van der Waals surface area contributed by atoms with Gasteiger partial charge in [0.15, 0.2) is 0 Å². The Morgan fingerprint density at radius 1 is 1.20 bits per heavy atom. The Morgan fingerprint density at radius 3 is 2.65 bits per heavy atom. The van der Waals surface area contributed by atoms with Crippen LogP contribution in [-0.4, -0.2) is 12.0 Å². The van der Waals surface area contributed by atoms with Crippen LogP contribution >= 0.6 is 0 Å². The summed E-state index contributed by atoms with van der Waals surface area (Å²) in [5.74, 6) is 0.873. The van der Waals surface area contributed by atoms with Crippen LogP contribution in [0.4, 0.5) is 5.69 Å². The number of hydrogen-bond acceptors (Lipinski definition) is 4. The van der Waals surface area contributed by atoms with Gasteiger partial charge in [0.1, 0.15) is 5.75 Å². The topological polar surface area (TPSA) is 64.4 Å². The van der Waals surface area contributed by atoms with Crippen molar-refractivity contribution in [1.29, 1.82) is 0 Å². The molecule has 0 aromatic heterocycles. The number of aryl methyl sites for hydroxylation is 1. The first-order chi connectivity index (χ1) is 9.61. The summed E-state index contributed by atoms with van der Waals surface area (Å²) in [5.41, 5.74) is 1.75. The molecule has 5 nitrogen and oxygen atoms in total. The normalized spacial score (nSPS) is 10.3. The quantitative estimate of drug-likeness (QED) is 0.669. The van der Waals surface area contributed by atoms with Gasteiger partial charge in [-0.2, -0.15) is 0 Å². The second-order valence-electron chi connectivity index (χ2n) is 4.47. The van der Waals surface area contributed by atoms with E-state index in [1.54, 1.807) is 18.2 Å². The van der Waals surface area contributed by atoms with Crippen LogP contribution in [0.5, 0.6) is 11.5 Å². The zero-order valence-corrected chi connectivity index (χ0v) is 11.4. The summed E-state index contributed by atoms with van der Waals surface area (Å²) in [6.45, 7) is 2.45. The molecule has 5 heteroatoms. The molecule has 0 aliphatic carbocycles. The minimum absolute atomic E-state index is 0.0238. The maximum absolute atomic E-state index is 11.1. The van der Waals surface area contributed by atoms with E-state index in [9.17, 15) is 10.1 Å². The lowest BCUT2D eigenvalue weighted by Crippen LogP contribution is -2.06. The van der Waals surface area contributed by atoms with Gasteiger partial charge in [-0.1, -0.05) is 24.3 Å². The summed E-state index contributed by atoms with van der Waals surface area (Å²) < 4.78 is 5.73. The van der Waals surface area contributed by atoms with Crippen LogP contribution in [0.15, 0.2) is 42.5 Å². The lowest BCUT2D eigenvalue weighted by atomic mass is 10.2. The Morgan fingerprint density at radius 2 is 1.95 bits per heavy atom. The van der Waals surface area contributed by atoms with E-state index in [0.29, 0.717) is 12.3 Å². The van der Waals surface area contributed by atoms with Crippen LogP contribution in [-0.2, 0) is 6.54 Å². The fraction of sp³-hybridized carbons (Fsp3) is 0.200. The standard InChI is InChI=1S/C15H16N2O3/c1-11-7-8-15(13(9-11)17(18)19)20-14-6-4-3-5-12(14)10-16-2/h3-9,16H,10H2,1-2H3. The summed E-state index contributed by atoms with van der Waals surface area (Å²) in [4.78, 5) is 10.7. The largest absolute Gasteiger partial charge is 0.450 e. The smallest absolute Gasteiger partial charge is 0.311 e. The van der Waals surface area contributed by atoms with Gasteiger partial charge in [-0.3, -0.25) is 10.1 Å². The molecule has 2 aromatic rings. The molecular weight excluding hydrogens is 256 g/mol. The Bertz CT molecular complexity index is 626. The molecule has 0 amide bonds. The molecule has 0 aliphatic rings. The molecule has 0 spiro atoms. The third-order valence-electron chi connectivity index (χ3n) is 2.87. The van der Waals surface area contributed by atoms with E-state index in [0.717, 1.165) is 11.1 Å². The minimum Gasteiger partial charge on any atom is -0.450 e. The van der Waals surface area contributed by atoms with Gasteiger partial charge in [-0.15, -0.1) is 0 Å². The second-order valence-corrected chi connectivity index (χ2v) is 4.47. The van der Waals surface area contributed by atoms with Crippen molar-refractivity contribution in [2.75, 3.05) is 7.05 Å². The molecule has 1 N–H and O–H groups in total. The highest BCUT2D eigenvalue weighted by Crippen LogP contribution is 2.33.